The molecule has 25 heavy (non-hydrogen) atoms. The lowest BCUT2D eigenvalue weighted by molar-refractivity contribution is -0.142. The Hall–Kier alpha value is -2.16. The maximum Gasteiger partial charge on any atom is 0.433 e. The van der Waals surface area contributed by atoms with Crippen LogP contribution in [0.1, 0.15) is 40.7 Å². The van der Waals surface area contributed by atoms with E-state index in [-0.39, 0.29) is 16.3 Å². The van der Waals surface area contributed by atoms with Gasteiger partial charge in [-0.1, -0.05) is 13.3 Å². The number of hydrogen-bond acceptors (Lipinski definition) is 4. The summed E-state index contributed by atoms with van der Waals surface area (Å²) in [5.41, 5.74) is -0.483. The van der Waals surface area contributed by atoms with E-state index in [0.29, 0.717) is 23.8 Å². The first-order chi connectivity index (χ1) is 11.6. The molecular weight excluding hydrogens is 357 g/mol. The van der Waals surface area contributed by atoms with Gasteiger partial charge in [-0.25, -0.2) is 4.98 Å². The third kappa shape index (κ3) is 4.28. The second kappa shape index (κ2) is 7.38. The molecule has 0 spiro atoms. The van der Waals surface area contributed by atoms with Gasteiger partial charge in [0.1, 0.15) is 10.5 Å². The number of aromatic nitrogens is 1. The van der Waals surface area contributed by atoms with Gasteiger partial charge in [0.2, 0.25) is 0 Å². The van der Waals surface area contributed by atoms with Crippen LogP contribution in [0.25, 0.3) is 10.2 Å². The molecule has 136 valence electrons. The molecule has 0 aliphatic heterocycles. The van der Waals surface area contributed by atoms with Crippen molar-refractivity contribution < 1.29 is 27.9 Å². The molecular formula is C16H17F3N2O3S. The number of fused-ring (bicyclic) bond motifs is 1. The highest BCUT2D eigenvalue weighted by Crippen LogP contribution is 2.34. The average Bonchev–Trinajstić information content (AvgIpc) is 2.86. The molecule has 1 unspecified atom stereocenters. The van der Waals surface area contributed by atoms with Crippen molar-refractivity contribution in [2.45, 2.75) is 32.9 Å². The van der Waals surface area contributed by atoms with Gasteiger partial charge in [-0.3, -0.25) is 9.59 Å². The SMILES string of the molecule is CCCC(CNC(=O)c1sc2nc(C(F)(F)F)ccc2c1C)C(=O)O. The molecule has 1 atom stereocenters. The number of carbonyl (C=O) groups is 2. The molecule has 2 rings (SSSR count). The predicted octanol–water partition coefficient (Wildman–Crippen LogP) is 3.85. The highest BCUT2D eigenvalue weighted by molar-refractivity contribution is 7.20. The normalized spacial score (nSPS) is 13.0. The number of aryl methyl sites for hydroxylation is 1. The second-order valence-corrected chi connectivity index (χ2v) is 6.64. The predicted molar refractivity (Wildman–Crippen MR) is 87.7 cm³/mol. The van der Waals surface area contributed by atoms with Crippen LogP contribution < -0.4 is 5.32 Å². The van der Waals surface area contributed by atoms with Crippen LogP contribution >= 0.6 is 11.3 Å². The molecule has 9 heteroatoms. The maximum absolute atomic E-state index is 12.7. The standard InChI is InChI=1S/C16H17F3N2O3S/c1-3-4-9(15(23)24)7-20-13(22)12-8(2)10-5-6-11(16(17,18)19)21-14(10)25-12/h5-6,9H,3-4,7H2,1-2H3,(H,20,22)(H,23,24). The fraction of sp³-hybridized carbons (Fsp3) is 0.438. The Labute approximate surface area is 145 Å². The Kier molecular flexibility index (Phi) is 5.66. The molecule has 0 radical (unpaired) electrons. The topological polar surface area (TPSA) is 79.3 Å². The number of aliphatic carboxylic acids is 1. The summed E-state index contributed by atoms with van der Waals surface area (Å²) in [6.45, 7) is 3.44. The molecule has 2 N–H and O–H groups in total. The number of carbonyl (C=O) groups excluding carboxylic acids is 1. The number of nitrogens with zero attached hydrogens (tertiary/aromatic N) is 1. The number of pyridine rings is 1. The van der Waals surface area contributed by atoms with E-state index in [9.17, 15) is 22.8 Å². The molecule has 2 heterocycles. The lowest BCUT2D eigenvalue weighted by Crippen LogP contribution is -2.32. The number of thiophene rings is 1. The van der Waals surface area contributed by atoms with E-state index in [2.05, 4.69) is 10.3 Å². The lowest BCUT2D eigenvalue weighted by Gasteiger charge is -2.12. The molecule has 2 aromatic rings. The first-order valence-electron chi connectivity index (χ1n) is 7.63. The summed E-state index contributed by atoms with van der Waals surface area (Å²) in [5.74, 6) is -2.19. The van der Waals surface area contributed by atoms with Gasteiger partial charge in [0.15, 0.2) is 0 Å². The molecule has 0 fully saturated rings. The zero-order valence-corrected chi connectivity index (χ0v) is 14.4. The van der Waals surface area contributed by atoms with Gasteiger partial charge in [-0.2, -0.15) is 13.2 Å². The fourth-order valence-electron chi connectivity index (χ4n) is 2.43. The van der Waals surface area contributed by atoms with E-state index in [0.717, 1.165) is 17.4 Å². The van der Waals surface area contributed by atoms with E-state index in [1.54, 1.807) is 6.92 Å². The minimum Gasteiger partial charge on any atom is -0.481 e. The molecule has 0 saturated heterocycles. The number of halogens is 3. The van der Waals surface area contributed by atoms with Crippen LogP contribution in [0.4, 0.5) is 13.2 Å². The minimum absolute atomic E-state index is 0.0308. The number of nitrogens with one attached hydrogen (secondary N) is 1. The summed E-state index contributed by atoms with van der Waals surface area (Å²) < 4.78 is 38.2. The first-order valence-corrected chi connectivity index (χ1v) is 8.45. The third-order valence-electron chi connectivity index (χ3n) is 3.80. The Balaban J connectivity index is 2.24. The van der Waals surface area contributed by atoms with Gasteiger partial charge in [-0.15, -0.1) is 11.3 Å². The van der Waals surface area contributed by atoms with Gasteiger partial charge >= 0.3 is 12.1 Å². The van der Waals surface area contributed by atoms with Gasteiger partial charge in [0.05, 0.1) is 10.8 Å². The summed E-state index contributed by atoms with van der Waals surface area (Å²) in [6.07, 6.45) is -3.46. The highest BCUT2D eigenvalue weighted by atomic mass is 32.1. The summed E-state index contributed by atoms with van der Waals surface area (Å²) in [7, 11) is 0. The molecule has 5 nitrogen and oxygen atoms in total. The van der Waals surface area contributed by atoms with E-state index in [1.165, 1.54) is 6.07 Å². The summed E-state index contributed by atoms with van der Waals surface area (Å²) in [5, 5.41) is 12.1. The number of carboxylic acids is 1. The quantitative estimate of drug-likeness (QED) is 0.805. The third-order valence-corrected chi connectivity index (χ3v) is 5.00. The number of carboxylic acid groups (broad SMARTS) is 1. The highest BCUT2D eigenvalue weighted by Gasteiger charge is 2.33. The van der Waals surface area contributed by atoms with Crippen molar-refractivity contribution >= 4 is 33.4 Å². The minimum atomic E-state index is -4.55. The van der Waals surface area contributed by atoms with Crippen LogP contribution in [0, 0.1) is 12.8 Å². The average molecular weight is 374 g/mol. The summed E-state index contributed by atoms with van der Waals surface area (Å²) >= 11 is 0.865. The summed E-state index contributed by atoms with van der Waals surface area (Å²) in [6, 6.07) is 2.18. The van der Waals surface area contributed by atoms with Crippen LogP contribution in [0.3, 0.4) is 0 Å². The molecule has 0 aromatic carbocycles. The van der Waals surface area contributed by atoms with Crippen LogP contribution in [-0.2, 0) is 11.0 Å². The van der Waals surface area contributed by atoms with Crippen LogP contribution in [0.5, 0.6) is 0 Å². The van der Waals surface area contributed by atoms with Crippen molar-refractivity contribution in [2.75, 3.05) is 6.54 Å². The summed E-state index contributed by atoms with van der Waals surface area (Å²) in [4.78, 5) is 27.4. The van der Waals surface area contributed by atoms with E-state index < -0.39 is 29.7 Å². The molecule has 0 aliphatic rings. The Morgan fingerprint density at radius 3 is 2.60 bits per heavy atom. The monoisotopic (exact) mass is 374 g/mol. The largest absolute Gasteiger partial charge is 0.481 e. The number of alkyl halides is 3. The van der Waals surface area contributed by atoms with Crippen molar-refractivity contribution in [2.24, 2.45) is 5.92 Å². The smallest absolute Gasteiger partial charge is 0.433 e. The van der Waals surface area contributed by atoms with E-state index in [1.807, 2.05) is 6.92 Å². The van der Waals surface area contributed by atoms with Crippen molar-refractivity contribution in [3.8, 4) is 0 Å². The van der Waals surface area contributed by atoms with Crippen molar-refractivity contribution in [1.82, 2.24) is 10.3 Å². The first kappa shape index (κ1) is 19.2. The van der Waals surface area contributed by atoms with Crippen molar-refractivity contribution in [3.63, 3.8) is 0 Å². The molecule has 1 amide bonds. The number of hydrogen-bond donors (Lipinski definition) is 2. The van der Waals surface area contributed by atoms with Gasteiger partial charge in [0, 0.05) is 11.9 Å². The Morgan fingerprint density at radius 1 is 1.36 bits per heavy atom. The second-order valence-electron chi connectivity index (χ2n) is 5.64. The number of amides is 1. The molecule has 0 aliphatic carbocycles. The zero-order valence-electron chi connectivity index (χ0n) is 13.6. The van der Waals surface area contributed by atoms with Gasteiger partial charge in [-0.05, 0) is 31.0 Å². The Bertz CT molecular complexity index is 802. The molecule has 2 aromatic heterocycles. The number of rotatable bonds is 6. The van der Waals surface area contributed by atoms with Crippen molar-refractivity contribution in [1.29, 1.82) is 0 Å². The lowest BCUT2D eigenvalue weighted by atomic mass is 10.0. The van der Waals surface area contributed by atoms with E-state index in [4.69, 9.17) is 5.11 Å². The van der Waals surface area contributed by atoms with Gasteiger partial charge in [0.25, 0.3) is 5.91 Å². The van der Waals surface area contributed by atoms with Gasteiger partial charge < -0.3 is 10.4 Å². The zero-order chi connectivity index (χ0) is 18.8. The van der Waals surface area contributed by atoms with Crippen molar-refractivity contribution in [3.05, 3.63) is 28.3 Å². The van der Waals surface area contributed by atoms with E-state index >= 15 is 0 Å². The molecule has 0 bridgehead atoms. The fourth-order valence-corrected chi connectivity index (χ4v) is 3.53. The van der Waals surface area contributed by atoms with Crippen LogP contribution in [0.15, 0.2) is 12.1 Å². The van der Waals surface area contributed by atoms with Crippen LogP contribution in [-0.4, -0.2) is 28.5 Å². The Morgan fingerprint density at radius 2 is 2.04 bits per heavy atom. The maximum atomic E-state index is 12.7. The van der Waals surface area contributed by atoms with Crippen LogP contribution in [0.2, 0.25) is 0 Å². The molecule has 0 saturated carbocycles.